The van der Waals surface area contributed by atoms with E-state index in [1.54, 1.807) is 12.1 Å². The van der Waals surface area contributed by atoms with E-state index in [4.69, 9.17) is 10.5 Å². The number of anilines is 1. The monoisotopic (exact) mass is 297 g/mol. The van der Waals surface area contributed by atoms with E-state index in [-0.39, 0.29) is 24.9 Å². The summed E-state index contributed by atoms with van der Waals surface area (Å²) in [4.78, 5) is 15.5. The fourth-order valence-electron chi connectivity index (χ4n) is 1.55. The van der Waals surface area contributed by atoms with Crippen LogP contribution in [0.4, 0.5) is 5.69 Å². The second kappa shape index (κ2) is 7.59. The molecule has 0 fully saturated rings. The summed E-state index contributed by atoms with van der Waals surface area (Å²) in [7, 11) is 1.47. The van der Waals surface area contributed by atoms with Gasteiger partial charge in [-0.25, -0.2) is 4.98 Å². The topological polar surface area (TPSA) is 106 Å². The Hall–Kier alpha value is -1.96. The largest absolute Gasteiger partial charge is 0.375 e. The lowest BCUT2D eigenvalue weighted by Gasteiger charge is -2.04. The molecule has 0 atom stereocenters. The van der Waals surface area contributed by atoms with Crippen LogP contribution in [0.5, 0.6) is 0 Å². The second-order valence-electron chi connectivity index (χ2n) is 3.87. The summed E-state index contributed by atoms with van der Waals surface area (Å²) >= 11 is 0. The van der Waals surface area contributed by atoms with Crippen molar-refractivity contribution in [2.75, 3.05) is 19.0 Å². The highest BCUT2D eigenvalue weighted by molar-refractivity contribution is 5.91. The Labute approximate surface area is 122 Å². The van der Waals surface area contributed by atoms with Crippen LogP contribution in [0.25, 0.3) is 11.4 Å². The van der Waals surface area contributed by atoms with Crippen molar-refractivity contribution in [1.29, 1.82) is 0 Å². The van der Waals surface area contributed by atoms with Crippen LogP contribution in [0.15, 0.2) is 24.3 Å². The number of halogens is 1. The van der Waals surface area contributed by atoms with E-state index in [0.717, 1.165) is 5.56 Å². The first-order valence-electron chi connectivity index (χ1n) is 5.73. The number of rotatable bonds is 5. The molecule has 1 aromatic heterocycles. The summed E-state index contributed by atoms with van der Waals surface area (Å²) in [5, 5.41) is 9.50. The fourth-order valence-corrected chi connectivity index (χ4v) is 1.55. The van der Waals surface area contributed by atoms with Gasteiger partial charge in [0, 0.05) is 18.4 Å². The Bertz CT molecular complexity index is 555. The first-order valence-corrected chi connectivity index (χ1v) is 5.73. The minimum Gasteiger partial charge on any atom is -0.375 e. The normalized spacial score (nSPS) is 9.90. The van der Waals surface area contributed by atoms with Crippen LogP contribution < -0.4 is 11.1 Å². The number of amides is 1. The molecule has 1 amide bonds. The third-order valence-electron chi connectivity index (χ3n) is 2.43. The van der Waals surface area contributed by atoms with Gasteiger partial charge in [0.1, 0.15) is 12.4 Å². The Morgan fingerprint density at radius 3 is 2.65 bits per heavy atom. The molecule has 0 bridgehead atoms. The molecular weight excluding hydrogens is 282 g/mol. The molecule has 7 nitrogen and oxygen atoms in total. The van der Waals surface area contributed by atoms with E-state index in [1.807, 2.05) is 12.1 Å². The number of methoxy groups -OCH3 is 1. The molecule has 8 heteroatoms. The molecule has 2 rings (SSSR count). The van der Waals surface area contributed by atoms with Gasteiger partial charge in [-0.2, -0.15) is 5.10 Å². The molecule has 0 saturated carbocycles. The van der Waals surface area contributed by atoms with Crippen molar-refractivity contribution in [2.24, 2.45) is 5.73 Å². The van der Waals surface area contributed by atoms with E-state index in [1.165, 1.54) is 7.11 Å². The molecule has 0 aliphatic carbocycles. The van der Waals surface area contributed by atoms with Crippen LogP contribution in [-0.2, 0) is 16.1 Å². The molecule has 0 aliphatic rings. The highest BCUT2D eigenvalue weighted by Crippen LogP contribution is 2.17. The Morgan fingerprint density at radius 1 is 1.40 bits per heavy atom. The van der Waals surface area contributed by atoms with E-state index in [0.29, 0.717) is 23.9 Å². The minimum absolute atomic E-state index is 0. The second-order valence-corrected chi connectivity index (χ2v) is 3.87. The molecule has 108 valence electrons. The molecule has 4 N–H and O–H groups in total. The number of nitrogens with zero attached hydrogens (tertiary/aromatic N) is 2. The van der Waals surface area contributed by atoms with Gasteiger partial charge in [-0.1, -0.05) is 0 Å². The Balaban J connectivity index is 0.00000200. The van der Waals surface area contributed by atoms with Crippen molar-refractivity contribution in [3.63, 3.8) is 0 Å². The summed E-state index contributed by atoms with van der Waals surface area (Å²) in [5.41, 5.74) is 7.00. The lowest BCUT2D eigenvalue weighted by Crippen LogP contribution is -2.16. The number of carbonyl (C=O) groups is 1. The van der Waals surface area contributed by atoms with E-state index >= 15 is 0 Å². The fraction of sp³-hybridized carbons (Fsp3) is 0.250. The minimum atomic E-state index is -0.196. The number of aromatic amines is 1. The van der Waals surface area contributed by atoms with Gasteiger partial charge in [0.2, 0.25) is 5.91 Å². The van der Waals surface area contributed by atoms with Crippen molar-refractivity contribution in [1.82, 2.24) is 15.2 Å². The smallest absolute Gasteiger partial charge is 0.250 e. The van der Waals surface area contributed by atoms with Crippen LogP contribution in [0.2, 0.25) is 0 Å². The third kappa shape index (κ3) is 4.02. The molecule has 0 saturated heterocycles. The zero-order valence-corrected chi connectivity index (χ0v) is 11.7. The number of hydrogen-bond acceptors (Lipinski definition) is 5. The van der Waals surface area contributed by atoms with Crippen LogP contribution >= 0.6 is 12.4 Å². The van der Waals surface area contributed by atoms with Crippen molar-refractivity contribution < 1.29 is 9.53 Å². The molecule has 1 aromatic carbocycles. The Kier molecular flexibility index (Phi) is 6.10. The van der Waals surface area contributed by atoms with Gasteiger partial charge < -0.3 is 15.8 Å². The van der Waals surface area contributed by atoms with E-state index in [9.17, 15) is 4.79 Å². The molecule has 20 heavy (non-hydrogen) atoms. The van der Waals surface area contributed by atoms with Crippen molar-refractivity contribution in [3.8, 4) is 11.4 Å². The molecule has 2 aromatic rings. The molecule has 0 aliphatic heterocycles. The van der Waals surface area contributed by atoms with Gasteiger partial charge in [-0.15, -0.1) is 12.4 Å². The molecule has 0 unspecified atom stereocenters. The van der Waals surface area contributed by atoms with E-state index in [2.05, 4.69) is 20.5 Å². The average molecular weight is 298 g/mol. The number of nitrogens with one attached hydrogen (secondary N) is 2. The first kappa shape index (κ1) is 16.1. The lowest BCUT2D eigenvalue weighted by atomic mass is 10.2. The zero-order valence-electron chi connectivity index (χ0n) is 10.9. The maximum Gasteiger partial charge on any atom is 0.250 e. The van der Waals surface area contributed by atoms with Gasteiger partial charge >= 0.3 is 0 Å². The van der Waals surface area contributed by atoms with Gasteiger partial charge in [-0.05, 0) is 24.3 Å². The predicted molar refractivity (Wildman–Crippen MR) is 77.5 cm³/mol. The summed E-state index contributed by atoms with van der Waals surface area (Å²) in [5.74, 6) is 1.02. The summed E-state index contributed by atoms with van der Waals surface area (Å²) < 4.78 is 4.74. The summed E-state index contributed by atoms with van der Waals surface area (Å²) in [6.07, 6.45) is 0. The first-order chi connectivity index (χ1) is 9.22. The highest BCUT2D eigenvalue weighted by Gasteiger charge is 2.06. The SMILES string of the molecule is COCC(=O)Nc1ccc(-c2n[nH]c(CN)n2)cc1.Cl. The van der Waals surface area contributed by atoms with Gasteiger partial charge in [0.05, 0.1) is 6.54 Å². The highest BCUT2D eigenvalue weighted by atomic mass is 35.5. The van der Waals surface area contributed by atoms with Crippen LogP contribution in [-0.4, -0.2) is 34.8 Å². The number of carbonyl (C=O) groups excluding carboxylic acids is 1. The molecule has 0 radical (unpaired) electrons. The van der Waals surface area contributed by atoms with E-state index < -0.39 is 0 Å². The number of aromatic nitrogens is 3. The third-order valence-corrected chi connectivity index (χ3v) is 2.43. The summed E-state index contributed by atoms with van der Waals surface area (Å²) in [6.45, 7) is 0.348. The zero-order chi connectivity index (χ0) is 13.7. The van der Waals surface area contributed by atoms with Crippen LogP contribution in [0, 0.1) is 0 Å². The maximum absolute atomic E-state index is 11.3. The number of nitrogens with two attached hydrogens (primary N) is 1. The van der Waals surface area contributed by atoms with Crippen LogP contribution in [0.1, 0.15) is 5.82 Å². The van der Waals surface area contributed by atoms with Gasteiger partial charge in [0.15, 0.2) is 5.82 Å². The molecule has 0 spiro atoms. The number of ether oxygens (including phenoxy) is 1. The summed E-state index contributed by atoms with van der Waals surface area (Å²) in [6, 6.07) is 7.21. The van der Waals surface area contributed by atoms with Crippen molar-refractivity contribution >= 4 is 24.0 Å². The standard InChI is InChI=1S/C12H15N5O2.ClH/c1-19-7-11(18)14-9-4-2-8(3-5-9)12-15-10(6-13)16-17-12;/h2-5H,6-7,13H2,1H3,(H,14,18)(H,15,16,17);1H. The predicted octanol–water partition coefficient (Wildman–Crippen LogP) is 0.937. The number of benzene rings is 1. The lowest BCUT2D eigenvalue weighted by molar-refractivity contribution is -0.119. The maximum atomic E-state index is 11.3. The van der Waals surface area contributed by atoms with Crippen molar-refractivity contribution in [3.05, 3.63) is 30.1 Å². The molecular formula is C12H16ClN5O2. The van der Waals surface area contributed by atoms with Crippen molar-refractivity contribution in [2.45, 2.75) is 6.54 Å². The Morgan fingerprint density at radius 2 is 2.10 bits per heavy atom. The van der Waals surface area contributed by atoms with Gasteiger partial charge in [0.25, 0.3) is 0 Å². The number of H-pyrrole nitrogens is 1. The van der Waals surface area contributed by atoms with Gasteiger partial charge in [-0.3, -0.25) is 9.89 Å². The quantitative estimate of drug-likeness (QED) is 0.761. The number of hydrogen-bond donors (Lipinski definition) is 3. The molecule has 1 heterocycles. The average Bonchev–Trinajstić information content (AvgIpc) is 2.88. The van der Waals surface area contributed by atoms with Crippen LogP contribution in [0.3, 0.4) is 0 Å².